The second-order valence-corrected chi connectivity index (χ2v) is 1.07. The third kappa shape index (κ3) is 18.0. The van der Waals surface area contributed by atoms with Crippen LogP contribution in [0.25, 0.3) is 0 Å². The summed E-state index contributed by atoms with van der Waals surface area (Å²) in [4.78, 5) is 0. The fraction of sp³-hybridized carbons (Fsp3) is 1.00. The van der Waals surface area contributed by atoms with Crippen LogP contribution in [0.3, 0.4) is 0 Å². The number of nitrogens with zero attached hydrogens (tertiary/aromatic N) is 2. The van der Waals surface area contributed by atoms with Gasteiger partial charge in [0.25, 0.3) is 0 Å². The molecule has 0 aromatic carbocycles. The Hall–Kier alpha value is 2.67. The van der Waals surface area contributed by atoms with Crippen molar-refractivity contribution in [1.82, 2.24) is 5.43 Å². The van der Waals surface area contributed by atoms with Crippen LogP contribution in [0.15, 0.2) is 10.3 Å². The Morgan fingerprint density at radius 2 is 1.78 bits per heavy atom. The Bertz CT molecular complexity index is 57.8. The third-order valence-electron chi connectivity index (χ3n) is 0.441. The first-order valence-electron chi connectivity index (χ1n) is 2.51. The molecule has 0 spiro atoms. The van der Waals surface area contributed by atoms with Crippen molar-refractivity contribution in [3.05, 3.63) is 0 Å². The minimum atomic E-state index is 0. The van der Waals surface area contributed by atoms with Gasteiger partial charge in [-0.1, -0.05) is 5.22 Å². The molecule has 0 aliphatic carbocycles. The molecule has 0 aromatic heterocycles. The molecule has 0 radical (unpaired) electrons. The van der Waals surface area contributed by atoms with Crippen molar-refractivity contribution in [2.75, 3.05) is 13.1 Å². The molecule has 1 N–H and O–H groups in total. The van der Waals surface area contributed by atoms with E-state index in [9.17, 15) is 0 Å². The summed E-state index contributed by atoms with van der Waals surface area (Å²) < 4.78 is 0. The van der Waals surface area contributed by atoms with Gasteiger partial charge in [0.15, 0.2) is 0 Å². The van der Waals surface area contributed by atoms with Gasteiger partial charge in [0.1, 0.15) is 0 Å². The first-order chi connectivity index (χ1) is 3.41. The summed E-state index contributed by atoms with van der Waals surface area (Å²) in [7, 11) is 0. The summed E-state index contributed by atoms with van der Waals surface area (Å²) >= 11 is 0. The number of hydrogen-bond donors (Lipinski definition) is 1. The Kier molecular flexibility index (Phi) is 33.3. The van der Waals surface area contributed by atoms with Crippen LogP contribution < -0.4 is 5.43 Å². The summed E-state index contributed by atoms with van der Waals surface area (Å²) in [6, 6.07) is 0. The van der Waals surface area contributed by atoms with Crippen LogP contribution in [0.5, 0.6) is 0 Å². The molecule has 0 bridgehead atoms. The topological polar surface area (TPSA) is 36.8 Å². The summed E-state index contributed by atoms with van der Waals surface area (Å²) in [6.45, 7) is 5.53. The van der Waals surface area contributed by atoms with Crippen LogP contribution in [0, 0.1) is 0 Å². The van der Waals surface area contributed by atoms with E-state index < -0.39 is 0 Å². The standard InChI is InChI=1S/C4H11N3.2K.2H/c1-3-5-7-6-4-2;;;;/h3-4H2,1-2H3,(H,5,6);;;;. The first kappa shape index (κ1) is 17.7. The van der Waals surface area contributed by atoms with Gasteiger partial charge in [0.2, 0.25) is 0 Å². The van der Waals surface area contributed by atoms with Crippen molar-refractivity contribution in [3.63, 3.8) is 0 Å². The van der Waals surface area contributed by atoms with E-state index >= 15 is 0 Å². The van der Waals surface area contributed by atoms with E-state index in [-0.39, 0.29) is 103 Å². The Morgan fingerprint density at radius 1 is 1.22 bits per heavy atom. The first-order valence-corrected chi connectivity index (χ1v) is 2.51. The Labute approximate surface area is 142 Å². The molecule has 0 heterocycles. The van der Waals surface area contributed by atoms with Crippen LogP contribution in [-0.4, -0.2) is 116 Å². The molecule has 0 unspecified atom stereocenters. The predicted octanol–water partition coefficient (Wildman–Crippen LogP) is -0.314. The van der Waals surface area contributed by atoms with Crippen LogP contribution in [0.2, 0.25) is 0 Å². The van der Waals surface area contributed by atoms with Gasteiger partial charge in [-0.2, -0.15) is 5.11 Å². The van der Waals surface area contributed by atoms with Crippen molar-refractivity contribution >= 4 is 103 Å². The number of rotatable bonds is 3. The number of nitrogens with one attached hydrogen (secondary N) is 1. The second kappa shape index (κ2) is 17.0. The SMILES string of the molecule is CC/N=N\NCC.[KH].[KH]. The molecule has 9 heavy (non-hydrogen) atoms. The molecular formula is C4H13K2N3. The van der Waals surface area contributed by atoms with Crippen LogP contribution in [-0.2, 0) is 0 Å². The molecule has 0 atom stereocenters. The monoisotopic (exact) mass is 181 g/mol. The summed E-state index contributed by atoms with van der Waals surface area (Å²) in [5, 5.41) is 7.26. The second-order valence-electron chi connectivity index (χ2n) is 1.07. The van der Waals surface area contributed by atoms with Gasteiger partial charge in [-0.15, -0.1) is 0 Å². The molecule has 0 aromatic rings. The van der Waals surface area contributed by atoms with Crippen molar-refractivity contribution in [2.45, 2.75) is 13.8 Å². The summed E-state index contributed by atoms with van der Waals surface area (Å²) in [5.41, 5.74) is 2.71. The normalized spacial score (nSPS) is 7.78. The van der Waals surface area contributed by atoms with E-state index in [2.05, 4.69) is 15.8 Å². The average molecular weight is 181 g/mol. The third-order valence-corrected chi connectivity index (χ3v) is 0.441. The van der Waals surface area contributed by atoms with Crippen molar-refractivity contribution in [1.29, 1.82) is 0 Å². The maximum atomic E-state index is 3.68. The fourth-order valence-electron chi connectivity index (χ4n) is 0.191. The molecule has 3 nitrogen and oxygen atoms in total. The van der Waals surface area contributed by atoms with E-state index in [4.69, 9.17) is 0 Å². The molecule has 0 fully saturated rings. The van der Waals surface area contributed by atoms with Gasteiger partial charge in [-0.05, 0) is 13.8 Å². The molecule has 0 rings (SSSR count). The van der Waals surface area contributed by atoms with E-state index in [0.29, 0.717) is 0 Å². The summed E-state index contributed by atoms with van der Waals surface area (Å²) in [5.74, 6) is 0. The predicted molar refractivity (Wildman–Crippen MR) is 43.4 cm³/mol. The van der Waals surface area contributed by atoms with E-state index in [1.807, 2.05) is 13.8 Å². The van der Waals surface area contributed by atoms with Gasteiger partial charge in [-0.25, -0.2) is 0 Å². The molecular weight excluding hydrogens is 168 g/mol. The maximum absolute atomic E-state index is 3.68. The van der Waals surface area contributed by atoms with Crippen molar-refractivity contribution < 1.29 is 0 Å². The zero-order valence-electron chi connectivity index (χ0n) is 4.81. The molecule has 0 aliphatic heterocycles. The van der Waals surface area contributed by atoms with Crippen LogP contribution in [0.4, 0.5) is 0 Å². The van der Waals surface area contributed by atoms with Gasteiger partial charge >= 0.3 is 103 Å². The Balaban J connectivity index is -0.000000180. The van der Waals surface area contributed by atoms with Crippen LogP contribution >= 0.6 is 0 Å². The van der Waals surface area contributed by atoms with Crippen molar-refractivity contribution in [2.24, 2.45) is 10.3 Å². The molecule has 0 amide bonds. The zero-order valence-corrected chi connectivity index (χ0v) is 4.81. The quantitative estimate of drug-likeness (QED) is 0.362. The van der Waals surface area contributed by atoms with Gasteiger partial charge in [0, 0.05) is 6.54 Å². The molecule has 0 aliphatic rings. The molecule has 0 saturated heterocycles. The number of hydrogen-bond acceptors (Lipinski definition) is 2. The van der Waals surface area contributed by atoms with E-state index in [0.717, 1.165) is 13.1 Å². The average Bonchev–Trinajstić information content (AvgIpc) is 1.69. The Morgan fingerprint density at radius 3 is 2.11 bits per heavy atom. The van der Waals surface area contributed by atoms with Gasteiger partial charge in [-0.3, -0.25) is 5.43 Å². The summed E-state index contributed by atoms with van der Waals surface area (Å²) in [6.07, 6.45) is 0. The molecule has 46 valence electrons. The van der Waals surface area contributed by atoms with Crippen LogP contribution in [0.1, 0.15) is 13.8 Å². The van der Waals surface area contributed by atoms with Gasteiger partial charge < -0.3 is 0 Å². The van der Waals surface area contributed by atoms with E-state index in [1.165, 1.54) is 0 Å². The van der Waals surface area contributed by atoms with E-state index in [1.54, 1.807) is 0 Å². The molecule has 0 saturated carbocycles. The zero-order chi connectivity index (χ0) is 5.54. The molecule has 5 heteroatoms. The van der Waals surface area contributed by atoms with Gasteiger partial charge in [0.05, 0.1) is 6.54 Å². The minimum absolute atomic E-state index is 0. The van der Waals surface area contributed by atoms with Crippen molar-refractivity contribution in [3.8, 4) is 0 Å². The fourth-order valence-corrected chi connectivity index (χ4v) is 0.191.